The molecule has 0 fully saturated rings. The van der Waals surface area contributed by atoms with E-state index in [-0.39, 0.29) is 31.2 Å². The van der Waals surface area contributed by atoms with Gasteiger partial charge in [0.15, 0.2) is 0 Å². The number of carbonyl (C=O) groups excluding carboxylic acids is 2. The normalized spacial score (nSPS) is 11.5. The van der Waals surface area contributed by atoms with E-state index in [4.69, 9.17) is 19.7 Å². The van der Waals surface area contributed by atoms with Crippen LogP contribution < -0.4 is 10.6 Å². The third kappa shape index (κ3) is 25.0. The maximum absolute atomic E-state index is 12.1. The fourth-order valence-corrected chi connectivity index (χ4v) is 3.44. The van der Waals surface area contributed by atoms with Crippen molar-refractivity contribution in [3.05, 3.63) is 10.4 Å². The van der Waals surface area contributed by atoms with Crippen molar-refractivity contribution in [2.75, 3.05) is 52.7 Å². The van der Waals surface area contributed by atoms with Crippen LogP contribution >= 0.6 is 0 Å². The predicted molar refractivity (Wildman–Crippen MR) is 140 cm³/mol. The number of unbranched alkanes of at least 4 members (excludes halogenated alkanes) is 8. The Morgan fingerprint density at radius 3 is 1.97 bits per heavy atom. The fraction of sp³-hybridized carbons (Fsp3) is 0.880. The van der Waals surface area contributed by atoms with Crippen molar-refractivity contribution in [3.63, 3.8) is 0 Å². The van der Waals surface area contributed by atoms with Crippen LogP contribution in [0.1, 0.15) is 84.0 Å². The number of ether oxygens (including phenoxy) is 3. The predicted octanol–water partition coefficient (Wildman–Crippen LogP) is 3.73. The van der Waals surface area contributed by atoms with Crippen LogP contribution in [-0.2, 0) is 28.6 Å². The maximum atomic E-state index is 12.1. The summed E-state index contributed by atoms with van der Waals surface area (Å²) in [7, 11) is 0. The molecule has 214 valence electrons. The molecule has 0 rings (SSSR count). The Morgan fingerprint density at radius 2 is 1.38 bits per heavy atom. The molecule has 0 heterocycles. The van der Waals surface area contributed by atoms with Gasteiger partial charge in [-0.1, -0.05) is 63.4 Å². The van der Waals surface area contributed by atoms with E-state index in [0.717, 1.165) is 19.3 Å². The minimum absolute atomic E-state index is 0.00192. The van der Waals surface area contributed by atoms with Crippen LogP contribution in [0.2, 0.25) is 0 Å². The van der Waals surface area contributed by atoms with Gasteiger partial charge in [0.1, 0.15) is 6.04 Å². The molecular formula is C25H47N5O7. The highest BCUT2D eigenvalue weighted by Gasteiger charge is 2.20. The highest BCUT2D eigenvalue weighted by molar-refractivity contribution is 5.84. The molecule has 1 atom stereocenters. The first-order valence-electron chi connectivity index (χ1n) is 13.5. The van der Waals surface area contributed by atoms with Crippen LogP contribution in [0, 0.1) is 0 Å². The Bertz CT molecular complexity index is 645. The maximum Gasteiger partial charge on any atom is 0.326 e. The molecule has 0 radical (unpaired) electrons. The molecule has 0 spiro atoms. The minimum atomic E-state index is -1.14. The van der Waals surface area contributed by atoms with Gasteiger partial charge in [0.25, 0.3) is 0 Å². The molecule has 0 aromatic carbocycles. The molecule has 0 aliphatic heterocycles. The average molecular weight is 530 g/mol. The molecule has 2 amide bonds. The van der Waals surface area contributed by atoms with E-state index in [1.54, 1.807) is 0 Å². The Labute approximate surface area is 220 Å². The number of hydrogen-bond donors (Lipinski definition) is 3. The number of carboxylic acids is 1. The topological polar surface area (TPSA) is 172 Å². The van der Waals surface area contributed by atoms with Crippen LogP contribution in [0.25, 0.3) is 10.4 Å². The molecule has 0 bridgehead atoms. The lowest BCUT2D eigenvalue weighted by atomic mass is 10.1. The number of rotatable bonds is 27. The van der Waals surface area contributed by atoms with E-state index >= 15 is 0 Å². The summed E-state index contributed by atoms with van der Waals surface area (Å²) in [5.41, 5.74) is 8.12. The number of amides is 2. The zero-order valence-corrected chi connectivity index (χ0v) is 22.5. The molecule has 0 unspecified atom stereocenters. The molecule has 37 heavy (non-hydrogen) atoms. The zero-order chi connectivity index (χ0) is 27.4. The van der Waals surface area contributed by atoms with Gasteiger partial charge in [0.05, 0.1) is 39.6 Å². The number of aliphatic carboxylic acids is 1. The molecule has 3 N–H and O–H groups in total. The minimum Gasteiger partial charge on any atom is -0.480 e. The van der Waals surface area contributed by atoms with Crippen LogP contribution in [0.5, 0.6) is 0 Å². The third-order valence-corrected chi connectivity index (χ3v) is 5.51. The Kier molecular flexibility index (Phi) is 24.9. The number of nitrogens with one attached hydrogen (secondary N) is 2. The summed E-state index contributed by atoms with van der Waals surface area (Å²) in [6.07, 6.45) is 10.6. The highest BCUT2D eigenvalue weighted by atomic mass is 16.5. The lowest BCUT2D eigenvalue weighted by Gasteiger charge is -2.14. The van der Waals surface area contributed by atoms with Crippen molar-refractivity contribution in [2.45, 2.75) is 90.0 Å². The van der Waals surface area contributed by atoms with Gasteiger partial charge < -0.3 is 30.0 Å². The smallest absolute Gasteiger partial charge is 0.326 e. The number of hydrogen-bond acceptors (Lipinski definition) is 7. The van der Waals surface area contributed by atoms with E-state index in [1.807, 2.05) is 0 Å². The molecule has 0 aliphatic carbocycles. The number of azide groups is 1. The van der Waals surface area contributed by atoms with Gasteiger partial charge in [-0.15, -0.1) is 0 Å². The number of carboxylic acid groups (broad SMARTS) is 1. The van der Waals surface area contributed by atoms with E-state index < -0.39 is 12.0 Å². The molecule has 0 aliphatic rings. The molecule has 12 nitrogen and oxygen atoms in total. The summed E-state index contributed by atoms with van der Waals surface area (Å²) in [5.74, 6) is -1.72. The lowest BCUT2D eigenvalue weighted by Crippen LogP contribution is -2.41. The monoisotopic (exact) mass is 529 g/mol. The van der Waals surface area contributed by atoms with Crippen molar-refractivity contribution in [2.24, 2.45) is 5.11 Å². The van der Waals surface area contributed by atoms with E-state index in [0.29, 0.717) is 52.6 Å². The van der Waals surface area contributed by atoms with Gasteiger partial charge >= 0.3 is 5.97 Å². The van der Waals surface area contributed by atoms with Crippen molar-refractivity contribution >= 4 is 17.8 Å². The molecular weight excluding hydrogens is 482 g/mol. The second kappa shape index (κ2) is 26.7. The first kappa shape index (κ1) is 34.6. The van der Waals surface area contributed by atoms with E-state index in [2.05, 4.69) is 27.6 Å². The van der Waals surface area contributed by atoms with Gasteiger partial charge in [-0.05, 0) is 18.4 Å². The Balaban J connectivity index is 3.71. The van der Waals surface area contributed by atoms with Gasteiger partial charge in [-0.3, -0.25) is 9.59 Å². The Hall–Kier alpha value is -2.40. The molecule has 12 heteroatoms. The Morgan fingerprint density at radius 1 is 0.811 bits per heavy atom. The first-order chi connectivity index (χ1) is 18.0. The van der Waals surface area contributed by atoms with E-state index in [1.165, 1.54) is 38.5 Å². The molecule has 0 aromatic rings. The first-order valence-corrected chi connectivity index (χ1v) is 13.5. The van der Waals surface area contributed by atoms with E-state index in [9.17, 15) is 19.5 Å². The van der Waals surface area contributed by atoms with Crippen LogP contribution in [0.3, 0.4) is 0 Å². The van der Waals surface area contributed by atoms with Crippen molar-refractivity contribution in [3.8, 4) is 0 Å². The van der Waals surface area contributed by atoms with Crippen LogP contribution in [0.15, 0.2) is 5.11 Å². The lowest BCUT2D eigenvalue weighted by molar-refractivity contribution is -0.142. The second-order valence-electron chi connectivity index (χ2n) is 8.72. The summed E-state index contributed by atoms with van der Waals surface area (Å²) >= 11 is 0. The van der Waals surface area contributed by atoms with Crippen molar-refractivity contribution < 1.29 is 33.7 Å². The summed E-state index contributed by atoms with van der Waals surface area (Å²) < 4.78 is 15.9. The largest absolute Gasteiger partial charge is 0.480 e. The summed E-state index contributed by atoms with van der Waals surface area (Å²) in [6.45, 7) is 4.97. The van der Waals surface area contributed by atoms with Gasteiger partial charge in [-0.2, -0.15) is 0 Å². The number of carbonyl (C=O) groups is 3. The molecule has 0 aromatic heterocycles. The zero-order valence-electron chi connectivity index (χ0n) is 22.5. The SMILES string of the molecule is CCCCCCCCCCCC(=O)N[C@@H](CCC(=O)NCCOCCOCCOCCN=[N+]=[N-])C(=O)O. The average Bonchev–Trinajstić information content (AvgIpc) is 2.88. The van der Waals surface area contributed by atoms with Gasteiger partial charge in [0.2, 0.25) is 11.8 Å². The van der Waals surface area contributed by atoms with Crippen molar-refractivity contribution in [1.82, 2.24) is 10.6 Å². The number of nitrogens with zero attached hydrogens (tertiary/aromatic N) is 3. The summed E-state index contributed by atoms with van der Waals surface area (Å²) in [4.78, 5) is 38.1. The quantitative estimate of drug-likeness (QED) is 0.0629. The summed E-state index contributed by atoms with van der Waals surface area (Å²) in [6, 6.07) is -1.08. The van der Waals surface area contributed by atoms with Crippen LogP contribution in [0.4, 0.5) is 0 Å². The van der Waals surface area contributed by atoms with Crippen LogP contribution in [-0.4, -0.2) is 81.7 Å². The summed E-state index contributed by atoms with van der Waals surface area (Å²) in [5, 5.41) is 17.9. The molecule has 0 saturated heterocycles. The second-order valence-corrected chi connectivity index (χ2v) is 8.72. The highest BCUT2D eigenvalue weighted by Crippen LogP contribution is 2.10. The third-order valence-electron chi connectivity index (χ3n) is 5.51. The van der Waals surface area contributed by atoms with Gasteiger partial charge in [-0.25, -0.2) is 4.79 Å². The van der Waals surface area contributed by atoms with Crippen molar-refractivity contribution in [1.29, 1.82) is 0 Å². The standard InChI is InChI=1S/C25H47N5O7/c1-2-3-4-5-6-7-8-9-10-11-24(32)29-22(25(33)34)12-13-23(31)27-14-16-35-18-20-37-21-19-36-17-15-28-30-26/h22H,2-21H2,1H3,(H,27,31)(H,29,32)(H,33,34)/t22-/m0/s1. The fourth-order valence-electron chi connectivity index (χ4n) is 3.44. The van der Waals surface area contributed by atoms with Gasteiger partial charge in [0, 0.05) is 30.8 Å². The molecule has 0 saturated carbocycles.